The molecule has 0 spiro atoms. The van der Waals surface area contributed by atoms with E-state index in [2.05, 4.69) is 26.1 Å². The Morgan fingerprint density at radius 2 is 1.81 bits per heavy atom. The molecular formula is C14H27NO. The third-order valence-electron chi connectivity index (χ3n) is 5.03. The first-order valence-corrected chi connectivity index (χ1v) is 7.11. The molecular weight excluding hydrogens is 198 g/mol. The quantitative estimate of drug-likeness (QED) is 0.774. The average Bonchev–Trinajstić information content (AvgIpc) is 2.54. The first-order valence-electron chi connectivity index (χ1n) is 7.11. The molecule has 1 saturated carbocycles. The zero-order valence-electron chi connectivity index (χ0n) is 10.9. The summed E-state index contributed by atoms with van der Waals surface area (Å²) < 4.78 is 0. The zero-order valence-corrected chi connectivity index (χ0v) is 10.9. The lowest BCUT2D eigenvalue weighted by atomic mass is 9.65. The summed E-state index contributed by atoms with van der Waals surface area (Å²) in [5.74, 6) is 3.00. The van der Waals surface area contributed by atoms with Crippen molar-refractivity contribution < 1.29 is 5.11 Å². The van der Waals surface area contributed by atoms with Gasteiger partial charge >= 0.3 is 0 Å². The molecule has 0 aromatic rings. The maximum atomic E-state index is 10.0. The summed E-state index contributed by atoms with van der Waals surface area (Å²) >= 11 is 0. The van der Waals surface area contributed by atoms with Crippen LogP contribution in [0.4, 0.5) is 0 Å². The Hall–Kier alpha value is -0.0800. The largest absolute Gasteiger partial charge is 0.378 e. The molecule has 6 unspecified atom stereocenters. The summed E-state index contributed by atoms with van der Waals surface area (Å²) in [6.45, 7) is 6.85. The van der Waals surface area contributed by atoms with Gasteiger partial charge in [-0.15, -0.1) is 0 Å². The first kappa shape index (κ1) is 12.4. The van der Waals surface area contributed by atoms with Gasteiger partial charge in [0.05, 0.1) is 0 Å². The van der Waals surface area contributed by atoms with E-state index < -0.39 is 0 Å². The van der Waals surface area contributed by atoms with Crippen LogP contribution in [0.15, 0.2) is 0 Å². The molecule has 0 amide bonds. The minimum Gasteiger partial charge on any atom is -0.378 e. The van der Waals surface area contributed by atoms with Crippen molar-refractivity contribution in [3.63, 3.8) is 0 Å². The van der Waals surface area contributed by atoms with Crippen molar-refractivity contribution in [3.8, 4) is 0 Å². The summed E-state index contributed by atoms with van der Waals surface area (Å²) in [6.07, 6.45) is 6.31. The van der Waals surface area contributed by atoms with E-state index in [0.29, 0.717) is 17.9 Å². The van der Waals surface area contributed by atoms with Crippen LogP contribution >= 0.6 is 0 Å². The number of nitrogens with one attached hydrogen (secondary N) is 1. The van der Waals surface area contributed by atoms with Crippen molar-refractivity contribution in [3.05, 3.63) is 0 Å². The van der Waals surface area contributed by atoms with E-state index in [0.717, 1.165) is 11.8 Å². The fraction of sp³-hybridized carbons (Fsp3) is 1.00. The monoisotopic (exact) mass is 225 g/mol. The Morgan fingerprint density at radius 1 is 1.12 bits per heavy atom. The van der Waals surface area contributed by atoms with E-state index in [1.54, 1.807) is 0 Å². The molecule has 0 radical (unpaired) electrons. The molecule has 2 rings (SSSR count). The first-order chi connectivity index (χ1) is 7.67. The number of fused-ring (bicyclic) bond motifs is 1. The van der Waals surface area contributed by atoms with Crippen molar-refractivity contribution in [2.75, 3.05) is 0 Å². The molecule has 6 atom stereocenters. The van der Waals surface area contributed by atoms with Crippen molar-refractivity contribution in [2.45, 2.75) is 65.1 Å². The summed E-state index contributed by atoms with van der Waals surface area (Å²) in [5, 5.41) is 13.3. The Balaban J connectivity index is 2.05. The summed E-state index contributed by atoms with van der Waals surface area (Å²) in [4.78, 5) is 0. The topological polar surface area (TPSA) is 32.3 Å². The maximum absolute atomic E-state index is 10.0. The molecule has 1 aliphatic carbocycles. The Bertz CT molecular complexity index is 231. The molecule has 0 aromatic carbocycles. The lowest BCUT2D eigenvalue weighted by molar-refractivity contribution is 0.0396. The highest BCUT2D eigenvalue weighted by atomic mass is 16.3. The number of aliphatic hydroxyl groups excluding tert-OH is 1. The zero-order chi connectivity index (χ0) is 11.7. The number of hydrogen-bond acceptors (Lipinski definition) is 2. The summed E-state index contributed by atoms with van der Waals surface area (Å²) in [7, 11) is 0. The van der Waals surface area contributed by atoms with Gasteiger partial charge in [-0.3, -0.25) is 5.32 Å². The highest BCUT2D eigenvalue weighted by molar-refractivity contribution is 4.97. The third-order valence-corrected chi connectivity index (χ3v) is 5.03. The maximum Gasteiger partial charge on any atom is 0.108 e. The Labute approximate surface area is 99.8 Å². The molecule has 1 saturated heterocycles. The molecule has 0 bridgehead atoms. The van der Waals surface area contributed by atoms with Crippen LogP contribution in [0.25, 0.3) is 0 Å². The summed E-state index contributed by atoms with van der Waals surface area (Å²) in [5.41, 5.74) is 0. The second-order valence-electron chi connectivity index (χ2n) is 5.92. The molecule has 1 aliphatic heterocycles. The molecule has 2 nitrogen and oxygen atoms in total. The van der Waals surface area contributed by atoms with E-state index in [-0.39, 0.29) is 6.23 Å². The highest BCUT2D eigenvalue weighted by Crippen LogP contribution is 2.46. The lowest BCUT2D eigenvalue weighted by Gasteiger charge is -2.39. The fourth-order valence-corrected chi connectivity index (χ4v) is 4.11. The molecule has 1 heterocycles. The van der Waals surface area contributed by atoms with E-state index in [4.69, 9.17) is 0 Å². The van der Waals surface area contributed by atoms with Gasteiger partial charge in [0.1, 0.15) is 6.23 Å². The fourth-order valence-electron chi connectivity index (χ4n) is 4.11. The van der Waals surface area contributed by atoms with Crippen molar-refractivity contribution >= 4 is 0 Å². The molecule has 16 heavy (non-hydrogen) atoms. The molecule has 2 N–H and O–H groups in total. The standard InChI is InChI=1S/C14H27NO/c1-4-6-11-8-12-9(3)15-14(16)13(12)7-10(11)5-2/h9-16H,4-8H2,1-3H3. The molecule has 2 fully saturated rings. The SMILES string of the molecule is CCCC1CC2C(C)NC(O)C2CC1CC. The van der Waals surface area contributed by atoms with Crippen molar-refractivity contribution in [2.24, 2.45) is 23.7 Å². The van der Waals surface area contributed by atoms with Gasteiger partial charge in [0.25, 0.3) is 0 Å². The van der Waals surface area contributed by atoms with Crippen LogP contribution in [0, 0.1) is 23.7 Å². The van der Waals surface area contributed by atoms with Crippen LogP contribution in [-0.4, -0.2) is 17.4 Å². The van der Waals surface area contributed by atoms with Gasteiger partial charge in [0, 0.05) is 12.0 Å². The second kappa shape index (κ2) is 5.05. The highest BCUT2D eigenvalue weighted by Gasteiger charge is 2.45. The van der Waals surface area contributed by atoms with Crippen molar-refractivity contribution in [1.82, 2.24) is 5.32 Å². The molecule has 2 heteroatoms. The molecule has 0 aromatic heterocycles. The molecule has 2 aliphatic rings. The van der Waals surface area contributed by atoms with Gasteiger partial charge in [0.2, 0.25) is 0 Å². The van der Waals surface area contributed by atoms with Crippen molar-refractivity contribution in [1.29, 1.82) is 0 Å². The smallest absolute Gasteiger partial charge is 0.108 e. The normalized spacial score (nSPS) is 48.0. The van der Waals surface area contributed by atoms with Crippen LogP contribution in [0.5, 0.6) is 0 Å². The Morgan fingerprint density at radius 3 is 2.44 bits per heavy atom. The predicted octanol–water partition coefficient (Wildman–Crippen LogP) is 2.77. The van der Waals surface area contributed by atoms with Crippen LogP contribution in [0.3, 0.4) is 0 Å². The minimum atomic E-state index is -0.239. The van der Waals surface area contributed by atoms with Gasteiger partial charge in [0.15, 0.2) is 0 Å². The van der Waals surface area contributed by atoms with Gasteiger partial charge in [-0.25, -0.2) is 0 Å². The number of aliphatic hydroxyl groups is 1. The van der Waals surface area contributed by atoms with E-state index in [1.165, 1.54) is 32.1 Å². The van der Waals surface area contributed by atoms with Gasteiger partial charge in [-0.1, -0.05) is 33.1 Å². The predicted molar refractivity (Wildman–Crippen MR) is 67.0 cm³/mol. The third kappa shape index (κ3) is 2.14. The van der Waals surface area contributed by atoms with Crippen LogP contribution in [0.1, 0.15) is 52.9 Å². The average molecular weight is 225 g/mol. The van der Waals surface area contributed by atoms with E-state index in [9.17, 15) is 5.11 Å². The van der Waals surface area contributed by atoms with Gasteiger partial charge in [-0.2, -0.15) is 0 Å². The Kier molecular flexibility index (Phi) is 3.91. The van der Waals surface area contributed by atoms with E-state index in [1.807, 2.05) is 0 Å². The number of rotatable bonds is 3. The number of hydrogen-bond donors (Lipinski definition) is 2. The minimum absolute atomic E-state index is 0.239. The second-order valence-corrected chi connectivity index (χ2v) is 5.92. The van der Waals surface area contributed by atoms with Crippen LogP contribution in [-0.2, 0) is 0 Å². The summed E-state index contributed by atoms with van der Waals surface area (Å²) in [6, 6.07) is 0.511. The molecule has 94 valence electrons. The van der Waals surface area contributed by atoms with Gasteiger partial charge < -0.3 is 5.11 Å². The van der Waals surface area contributed by atoms with E-state index >= 15 is 0 Å². The van der Waals surface area contributed by atoms with Gasteiger partial charge in [-0.05, 0) is 37.5 Å². The van der Waals surface area contributed by atoms with Crippen LogP contribution in [0.2, 0.25) is 0 Å². The lowest BCUT2D eigenvalue weighted by Crippen LogP contribution is -2.35. The van der Waals surface area contributed by atoms with Crippen LogP contribution < -0.4 is 5.32 Å².